The Bertz CT molecular complexity index is 640. The van der Waals surface area contributed by atoms with Crippen molar-refractivity contribution in [1.29, 1.82) is 0 Å². The molecule has 1 amide bonds. The first-order chi connectivity index (χ1) is 9.77. The number of hydrogen-bond acceptors (Lipinski definition) is 4. The van der Waals surface area contributed by atoms with E-state index >= 15 is 0 Å². The van der Waals surface area contributed by atoms with Crippen LogP contribution in [0.5, 0.6) is 0 Å². The number of nitrogens with one attached hydrogen (secondary N) is 1. The van der Waals surface area contributed by atoms with Gasteiger partial charge in [0.1, 0.15) is 5.82 Å². The monoisotopic (exact) mass is 319 g/mol. The number of amides is 1. The number of hydrogen-bond donors (Lipinski definition) is 1. The predicted molar refractivity (Wildman–Crippen MR) is 71.8 cm³/mol. The molecule has 1 heterocycles. The van der Waals surface area contributed by atoms with Gasteiger partial charge in [0.05, 0.1) is 17.5 Å². The molecule has 0 aliphatic carbocycles. The lowest BCUT2D eigenvalue weighted by atomic mass is 10.1. The maximum Gasteiger partial charge on any atom is 0.419 e. The van der Waals surface area contributed by atoms with Crippen LogP contribution in [0.4, 0.5) is 17.6 Å². The molecule has 0 radical (unpaired) electrons. The Labute approximate surface area is 121 Å². The van der Waals surface area contributed by atoms with Crippen LogP contribution in [-0.4, -0.2) is 23.0 Å². The molecule has 1 aliphatic heterocycles. The molecule has 0 unspecified atom stereocenters. The second-order valence-electron chi connectivity index (χ2n) is 4.20. The molecule has 1 saturated heterocycles. The lowest BCUT2D eigenvalue weighted by Crippen LogP contribution is -2.19. The van der Waals surface area contributed by atoms with Gasteiger partial charge < -0.3 is 5.32 Å². The molecule has 4 nitrogen and oxygen atoms in total. The zero-order valence-corrected chi connectivity index (χ0v) is 11.5. The number of carbonyl (C=O) groups is 1. The lowest BCUT2D eigenvalue weighted by molar-refractivity contribution is -0.140. The van der Waals surface area contributed by atoms with E-state index < -0.39 is 17.6 Å². The number of carbonyl (C=O) groups excluding carboxylic acids is 1. The molecule has 0 spiro atoms. The Morgan fingerprint density at radius 1 is 1.38 bits per heavy atom. The second kappa shape index (κ2) is 5.84. The molecule has 1 fully saturated rings. The van der Waals surface area contributed by atoms with Crippen LogP contribution in [0.3, 0.4) is 0 Å². The first-order valence-corrected chi connectivity index (χ1v) is 6.67. The van der Waals surface area contributed by atoms with Gasteiger partial charge in [-0.05, 0) is 24.6 Å². The van der Waals surface area contributed by atoms with Crippen LogP contribution in [-0.2, 0) is 11.0 Å². The molecule has 112 valence electrons. The summed E-state index contributed by atoms with van der Waals surface area (Å²) in [6.45, 7) is 1.42. The van der Waals surface area contributed by atoms with E-state index in [2.05, 4.69) is 15.5 Å². The summed E-state index contributed by atoms with van der Waals surface area (Å²) in [6, 6.07) is 1.96. The molecule has 0 bridgehead atoms. The molecule has 0 aromatic heterocycles. The first kappa shape index (κ1) is 15.5. The van der Waals surface area contributed by atoms with Gasteiger partial charge in [-0.25, -0.2) is 4.39 Å². The average molecular weight is 319 g/mol. The van der Waals surface area contributed by atoms with Crippen molar-refractivity contribution in [1.82, 2.24) is 5.32 Å². The summed E-state index contributed by atoms with van der Waals surface area (Å²) in [7, 11) is 0. The van der Waals surface area contributed by atoms with Crippen molar-refractivity contribution in [2.24, 2.45) is 10.2 Å². The van der Waals surface area contributed by atoms with Crippen molar-refractivity contribution in [2.75, 3.05) is 5.75 Å². The fraction of sp³-hybridized carbons (Fsp3) is 0.250. The van der Waals surface area contributed by atoms with Gasteiger partial charge in [0.15, 0.2) is 5.17 Å². The van der Waals surface area contributed by atoms with Crippen LogP contribution in [0.1, 0.15) is 16.7 Å². The lowest BCUT2D eigenvalue weighted by Gasteiger charge is -2.10. The van der Waals surface area contributed by atoms with Gasteiger partial charge in [-0.2, -0.15) is 18.3 Å². The van der Waals surface area contributed by atoms with Crippen molar-refractivity contribution < 1.29 is 22.4 Å². The zero-order valence-electron chi connectivity index (χ0n) is 10.7. The minimum absolute atomic E-state index is 0.200. The number of benzene rings is 1. The molecule has 0 atom stereocenters. The van der Waals surface area contributed by atoms with E-state index in [0.717, 1.165) is 24.0 Å². The number of amidine groups is 1. The SMILES string of the molecule is Cc1cc(C=NN=C2NC(=O)CS2)c(F)c(C(F)(F)F)c1. The van der Waals surface area contributed by atoms with Crippen LogP contribution in [0.2, 0.25) is 0 Å². The minimum atomic E-state index is -4.78. The van der Waals surface area contributed by atoms with Gasteiger partial charge >= 0.3 is 6.18 Å². The Hall–Kier alpha value is -1.90. The number of aryl methyl sites for hydroxylation is 1. The summed E-state index contributed by atoms with van der Waals surface area (Å²) in [5, 5.41) is 9.71. The van der Waals surface area contributed by atoms with Gasteiger partial charge in [-0.3, -0.25) is 4.79 Å². The van der Waals surface area contributed by atoms with Gasteiger partial charge in [-0.15, -0.1) is 5.10 Å². The number of rotatable bonds is 2. The number of halogens is 4. The zero-order chi connectivity index (χ0) is 15.6. The third-order valence-electron chi connectivity index (χ3n) is 2.48. The molecule has 9 heteroatoms. The maximum atomic E-state index is 13.8. The number of thioether (sulfide) groups is 1. The summed E-state index contributed by atoms with van der Waals surface area (Å²) in [4.78, 5) is 10.9. The predicted octanol–water partition coefficient (Wildman–Crippen LogP) is 2.71. The van der Waals surface area contributed by atoms with Crippen LogP contribution in [0, 0.1) is 12.7 Å². The molecular weight excluding hydrogens is 310 g/mol. The van der Waals surface area contributed by atoms with Gasteiger partial charge in [-0.1, -0.05) is 11.8 Å². The van der Waals surface area contributed by atoms with E-state index in [1.807, 2.05) is 0 Å². The van der Waals surface area contributed by atoms with E-state index in [1.54, 1.807) is 0 Å². The van der Waals surface area contributed by atoms with Gasteiger partial charge in [0, 0.05) is 5.56 Å². The molecule has 21 heavy (non-hydrogen) atoms. The van der Waals surface area contributed by atoms with Crippen molar-refractivity contribution in [3.05, 3.63) is 34.6 Å². The average Bonchev–Trinajstić information content (AvgIpc) is 2.77. The van der Waals surface area contributed by atoms with Gasteiger partial charge in [0.2, 0.25) is 5.91 Å². The van der Waals surface area contributed by atoms with E-state index in [-0.39, 0.29) is 28.0 Å². The van der Waals surface area contributed by atoms with E-state index in [9.17, 15) is 22.4 Å². The largest absolute Gasteiger partial charge is 0.419 e. The van der Waals surface area contributed by atoms with Crippen LogP contribution < -0.4 is 5.32 Å². The fourth-order valence-corrected chi connectivity index (χ4v) is 2.25. The van der Waals surface area contributed by atoms with Crippen molar-refractivity contribution in [2.45, 2.75) is 13.1 Å². The van der Waals surface area contributed by atoms with Gasteiger partial charge in [0.25, 0.3) is 0 Å². The maximum absolute atomic E-state index is 13.8. The highest BCUT2D eigenvalue weighted by molar-refractivity contribution is 8.15. The third-order valence-corrected chi connectivity index (χ3v) is 3.35. The summed E-state index contributed by atoms with van der Waals surface area (Å²) >= 11 is 1.10. The van der Waals surface area contributed by atoms with E-state index in [1.165, 1.54) is 13.0 Å². The molecular formula is C12H9F4N3OS. The summed E-state index contributed by atoms with van der Waals surface area (Å²) in [5.74, 6) is -1.44. The third kappa shape index (κ3) is 3.81. The van der Waals surface area contributed by atoms with Crippen molar-refractivity contribution in [3.63, 3.8) is 0 Å². The Balaban J connectivity index is 2.28. The standard InChI is InChI=1S/C12H9F4N3OS/c1-6-2-7(10(13)8(3-6)12(14,15)16)4-17-19-11-18-9(20)5-21-11/h2-4H,5H2,1H3,(H,18,19,20). The van der Waals surface area contributed by atoms with Crippen LogP contribution in [0.25, 0.3) is 0 Å². The topological polar surface area (TPSA) is 53.8 Å². The molecule has 1 aromatic rings. The minimum Gasteiger partial charge on any atom is -0.303 e. The highest BCUT2D eigenvalue weighted by Crippen LogP contribution is 2.33. The molecule has 0 saturated carbocycles. The smallest absolute Gasteiger partial charge is 0.303 e. The van der Waals surface area contributed by atoms with E-state index in [4.69, 9.17) is 0 Å². The molecule has 2 rings (SSSR count). The quantitative estimate of drug-likeness (QED) is 0.518. The first-order valence-electron chi connectivity index (χ1n) is 5.68. The molecule has 1 aliphatic rings. The van der Waals surface area contributed by atoms with Crippen molar-refractivity contribution in [3.8, 4) is 0 Å². The Kier molecular flexibility index (Phi) is 4.31. The molecule has 1 N–H and O–H groups in total. The van der Waals surface area contributed by atoms with Crippen LogP contribution in [0.15, 0.2) is 22.3 Å². The number of nitrogens with zero attached hydrogens (tertiary/aromatic N) is 2. The highest BCUT2D eigenvalue weighted by atomic mass is 32.2. The normalized spacial score (nSPS) is 17.8. The fourth-order valence-electron chi connectivity index (χ4n) is 1.62. The Morgan fingerprint density at radius 3 is 2.67 bits per heavy atom. The number of alkyl halides is 3. The summed E-state index contributed by atoms with van der Waals surface area (Å²) < 4.78 is 51.7. The molecule has 1 aromatic carbocycles. The highest BCUT2D eigenvalue weighted by Gasteiger charge is 2.35. The van der Waals surface area contributed by atoms with Crippen molar-refractivity contribution >= 4 is 29.1 Å². The second-order valence-corrected chi connectivity index (χ2v) is 5.16. The Morgan fingerprint density at radius 2 is 2.10 bits per heavy atom. The van der Waals surface area contributed by atoms with E-state index in [0.29, 0.717) is 0 Å². The van der Waals surface area contributed by atoms with Crippen LogP contribution >= 0.6 is 11.8 Å². The summed E-state index contributed by atoms with van der Waals surface area (Å²) in [5.41, 5.74) is -1.41. The summed E-state index contributed by atoms with van der Waals surface area (Å²) in [6.07, 6.45) is -3.89.